The van der Waals surface area contributed by atoms with Crippen LogP contribution in [0.4, 0.5) is 10.1 Å². The number of benzene rings is 1. The fourth-order valence-corrected chi connectivity index (χ4v) is 6.93. The molecule has 3 aliphatic rings. The minimum Gasteiger partial charge on any atom is -0.480 e. The molecule has 0 bridgehead atoms. The molecule has 2 spiro atoms. The number of aromatic nitrogens is 1. The molecule has 1 amide bonds. The van der Waals surface area contributed by atoms with Crippen LogP contribution >= 0.6 is 23.2 Å². The SMILES string of the molecule is CCC1(C)CCC2(CC1)N[C@@H](C(=O)O)[C@H](c1ccnc(Cl)c1F)C21C(=O)Nc2cc(Cl)ccc21. The van der Waals surface area contributed by atoms with Crippen LogP contribution < -0.4 is 10.6 Å². The van der Waals surface area contributed by atoms with E-state index in [0.29, 0.717) is 29.1 Å². The van der Waals surface area contributed by atoms with Gasteiger partial charge in [0, 0.05) is 28.4 Å². The molecule has 5 rings (SSSR count). The Morgan fingerprint density at radius 1 is 1.24 bits per heavy atom. The van der Waals surface area contributed by atoms with Crippen LogP contribution in [0, 0.1) is 11.2 Å². The van der Waals surface area contributed by atoms with Gasteiger partial charge in [-0.05, 0) is 60.4 Å². The summed E-state index contributed by atoms with van der Waals surface area (Å²) in [4.78, 5) is 30.5. The number of amides is 1. The van der Waals surface area contributed by atoms with E-state index >= 15 is 4.39 Å². The lowest BCUT2D eigenvalue weighted by Gasteiger charge is -2.51. The van der Waals surface area contributed by atoms with Crippen LogP contribution in [0.25, 0.3) is 0 Å². The quantitative estimate of drug-likeness (QED) is 0.493. The number of aliphatic carboxylic acids is 1. The molecule has 3 N–H and O–H groups in total. The smallest absolute Gasteiger partial charge is 0.321 e. The summed E-state index contributed by atoms with van der Waals surface area (Å²) < 4.78 is 15.5. The standard InChI is InChI=1S/C25H26Cl2FN3O3/c1-3-23(2)7-9-24(10-8-23)25(15-5-4-13(26)12-16(15)30-22(25)34)17(19(31-24)21(32)33)14-6-11-29-20(27)18(14)28/h4-6,11-12,17,19,31H,3,7-10H2,1-2H3,(H,30,34)(H,32,33)/t17-,19+,23?,24?,25?/m0/s1. The third-order valence-electron chi connectivity index (χ3n) is 8.64. The Kier molecular flexibility index (Phi) is 5.47. The minimum atomic E-state index is -1.36. The number of hydrogen-bond acceptors (Lipinski definition) is 4. The highest BCUT2D eigenvalue weighted by molar-refractivity contribution is 6.31. The van der Waals surface area contributed by atoms with Crippen molar-refractivity contribution in [2.45, 2.75) is 68.9 Å². The second-order valence-electron chi connectivity index (χ2n) is 10.1. The van der Waals surface area contributed by atoms with E-state index in [9.17, 15) is 14.7 Å². The van der Waals surface area contributed by atoms with E-state index in [1.807, 2.05) is 0 Å². The maximum absolute atomic E-state index is 15.5. The number of anilines is 1. The van der Waals surface area contributed by atoms with Crippen LogP contribution in [0.1, 0.15) is 63.0 Å². The van der Waals surface area contributed by atoms with Crippen molar-refractivity contribution in [3.8, 4) is 0 Å². The largest absolute Gasteiger partial charge is 0.480 e. The van der Waals surface area contributed by atoms with Crippen molar-refractivity contribution in [1.82, 2.24) is 10.3 Å². The Hall–Kier alpha value is -2.22. The number of nitrogens with one attached hydrogen (secondary N) is 2. The van der Waals surface area contributed by atoms with Gasteiger partial charge in [-0.15, -0.1) is 0 Å². The number of nitrogens with zero attached hydrogens (tertiary/aromatic N) is 1. The summed E-state index contributed by atoms with van der Waals surface area (Å²) in [5.41, 5.74) is -0.931. The first-order valence-electron chi connectivity index (χ1n) is 11.5. The number of fused-ring (bicyclic) bond motifs is 3. The molecule has 2 fully saturated rings. The number of hydrogen-bond donors (Lipinski definition) is 3. The van der Waals surface area contributed by atoms with Gasteiger partial charge in [-0.3, -0.25) is 14.9 Å². The highest BCUT2D eigenvalue weighted by atomic mass is 35.5. The third kappa shape index (κ3) is 3.06. The fourth-order valence-electron chi connectivity index (χ4n) is 6.60. The second kappa shape index (κ2) is 7.90. The molecule has 3 heterocycles. The van der Waals surface area contributed by atoms with E-state index < -0.39 is 34.7 Å². The molecular formula is C25H26Cl2FN3O3. The molecule has 34 heavy (non-hydrogen) atoms. The number of carboxylic acids is 1. The molecule has 1 aromatic heterocycles. The van der Waals surface area contributed by atoms with Crippen molar-refractivity contribution in [2.75, 3.05) is 5.32 Å². The van der Waals surface area contributed by atoms with Gasteiger partial charge in [0.05, 0.1) is 0 Å². The minimum absolute atomic E-state index is 0.0681. The maximum atomic E-state index is 15.5. The zero-order valence-electron chi connectivity index (χ0n) is 18.9. The maximum Gasteiger partial charge on any atom is 0.321 e. The summed E-state index contributed by atoms with van der Waals surface area (Å²) in [5.74, 6) is -3.34. The van der Waals surface area contributed by atoms with E-state index in [0.717, 1.165) is 19.3 Å². The van der Waals surface area contributed by atoms with Gasteiger partial charge in [-0.2, -0.15) is 0 Å². The summed E-state index contributed by atoms with van der Waals surface area (Å²) >= 11 is 12.3. The van der Waals surface area contributed by atoms with E-state index in [1.165, 1.54) is 12.3 Å². The molecule has 180 valence electrons. The van der Waals surface area contributed by atoms with Crippen molar-refractivity contribution < 1.29 is 19.1 Å². The van der Waals surface area contributed by atoms with Crippen LogP contribution in [-0.4, -0.2) is 33.5 Å². The van der Waals surface area contributed by atoms with Crippen molar-refractivity contribution in [2.24, 2.45) is 5.41 Å². The monoisotopic (exact) mass is 505 g/mol. The molecule has 6 nitrogen and oxygen atoms in total. The normalized spacial score (nSPS) is 34.4. The first kappa shape index (κ1) is 23.5. The molecule has 9 heteroatoms. The summed E-state index contributed by atoms with van der Waals surface area (Å²) in [7, 11) is 0. The van der Waals surface area contributed by atoms with Crippen molar-refractivity contribution in [3.05, 3.63) is 57.6 Å². The van der Waals surface area contributed by atoms with Gasteiger partial charge in [-0.1, -0.05) is 49.5 Å². The average Bonchev–Trinajstić information content (AvgIpc) is 3.26. The van der Waals surface area contributed by atoms with Crippen LogP contribution in [0.15, 0.2) is 30.5 Å². The van der Waals surface area contributed by atoms with Gasteiger partial charge in [0.1, 0.15) is 11.5 Å². The summed E-state index contributed by atoms with van der Waals surface area (Å²) in [6.45, 7) is 4.37. The zero-order chi connectivity index (χ0) is 24.5. The molecule has 2 aliphatic heterocycles. The van der Waals surface area contributed by atoms with Crippen LogP contribution in [0.2, 0.25) is 10.2 Å². The van der Waals surface area contributed by atoms with E-state index in [2.05, 4.69) is 29.5 Å². The molecule has 1 unspecified atom stereocenters. The molecule has 3 atom stereocenters. The van der Waals surface area contributed by atoms with Crippen LogP contribution in [0.5, 0.6) is 0 Å². The lowest BCUT2D eigenvalue weighted by atomic mass is 9.53. The Bertz CT molecular complexity index is 1200. The van der Waals surface area contributed by atoms with E-state index in [-0.39, 0.29) is 22.0 Å². The Morgan fingerprint density at radius 3 is 2.59 bits per heavy atom. The van der Waals surface area contributed by atoms with Crippen molar-refractivity contribution >= 4 is 40.8 Å². The highest BCUT2D eigenvalue weighted by Gasteiger charge is 2.73. The summed E-state index contributed by atoms with van der Waals surface area (Å²) in [6.07, 6.45) is 5.11. The van der Waals surface area contributed by atoms with Gasteiger partial charge >= 0.3 is 5.97 Å². The molecule has 1 saturated heterocycles. The first-order valence-corrected chi connectivity index (χ1v) is 12.3. The lowest BCUT2D eigenvalue weighted by Crippen LogP contribution is -2.61. The Labute approximate surface area is 207 Å². The molecular weight excluding hydrogens is 480 g/mol. The molecule has 1 aromatic carbocycles. The van der Waals surface area contributed by atoms with Gasteiger partial charge < -0.3 is 10.4 Å². The highest BCUT2D eigenvalue weighted by Crippen LogP contribution is 2.64. The molecule has 0 radical (unpaired) electrons. The molecule has 1 aliphatic carbocycles. The number of carbonyl (C=O) groups is 2. The predicted octanol–water partition coefficient (Wildman–Crippen LogP) is 5.29. The van der Waals surface area contributed by atoms with Crippen molar-refractivity contribution in [1.29, 1.82) is 0 Å². The zero-order valence-corrected chi connectivity index (χ0v) is 20.4. The van der Waals surface area contributed by atoms with Crippen molar-refractivity contribution in [3.63, 3.8) is 0 Å². The summed E-state index contributed by atoms with van der Waals surface area (Å²) in [6, 6.07) is 5.36. The number of carbonyl (C=O) groups excluding carboxylic acids is 1. The van der Waals surface area contributed by atoms with Crippen LogP contribution in [-0.2, 0) is 15.0 Å². The number of rotatable bonds is 3. The number of carboxylic acid groups (broad SMARTS) is 1. The van der Waals surface area contributed by atoms with Crippen LogP contribution in [0.3, 0.4) is 0 Å². The molecule has 1 saturated carbocycles. The first-order chi connectivity index (χ1) is 16.1. The van der Waals surface area contributed by atoms with E-state index in [1.54, 1.807) is 18.2 Å². The topological polar surface area (TPSA) is 91.3 Å². The number of halogens is 3. The number of pyridine rings is 1. The van der Waals surface area contributed by atoms with Gasteiger partial charge in [0.2, 0.25) is 5.91 Å². The van der Waals surface area contributed by atoms with Gasteiger partial charge in [0.15, 0.2) is 11.0 Å². The average molecular weight is 506 g/mol. The lowest BCUT2D eigenvalue weighted by molar-refractivity contribution is -0.139. The molecule has 2 aromatic rings. The second-order valence-corrected chi connectivity index (χ2v) is 10.9. The predicted molar refractivity (Wildman–Crippen MR) is 128 cm³/mol. The summed E-state index contributed by atoms with van der Waals surface area (Å²) in [5, 5.41) is 16.7. The third-order valence-corrected chi connectivity index (χ3v) is 9.14. The van der Waals surface area contributed by atoms with E-state index in [4.69, 9.17) is 23.2 Å². The fraction of sp³-hybridized carbons (Fsp3) is 0.480. The van der Waals surface area contributed by atoms with Gasteiger partial charge in [-0.25, -0.2) is 9.37 Å². The Balaban J connectivity index is 1.81. The van der Waals surface area contributed by atoms with Gasteiger partial charge in [0.25, 0.3) is 0 Å². The Morgan fingerprint density at radius 2 is 1.94 bits per heavy atom.